The maximum Gasteiger partial charge on any atom is 0.246 e. The number of nitrogens with zero attached hydrogens (tertiary/aromatic N) is 1. The lowest BCUT2D eigenvalue weighted by atomic mass is 9.66. The van der Waals surface area contributed by atoms with E-state index >= 15 is 0 Å². The number of fused-ring (bicyclic) bond motifs is 1. The highest BCUT2D eigenvalue weighted by Crippen LogP contribution is 2.63. The highest BCUT2D eigenvalue weighted by atomic mass is 16.5. The Labute approximate surface area is 198 Å². The molecule has 3 amide bonds. The summed E-state index contributed by atoms with van der Waals surface area (Å²) in [5.74, 6) is -2.27. The summed E-state index contributed by atoms with van der Waals surface area (Å²) in [6.07, 6.45) is 1.87. The van der Waals surface area contributed by atoms with Gasteiger partial charge in [0.2, 0.25) is 17.7 Å². The predicted octanol–water partition coefficient (Wildman–Crippen LogP) is 1.85. The first-order valence-corrected chi connectivity index (χ1v) is 12.2. The Hall–Kier alpha value is -1.67. The van der Waals surface area contributed by atoms with Crippen LogP contribution in [-0.4, -0.2) is 70.2 Å². The topological polar surface area (TPSA) is 108 Å². The van der Waals surface area contributed by atoms with Crippen molar-refractivity contribution >= 4 is 17.7 Å². The Morgan fingerprint density at radius 3 is 2.27 bits per heavy atom. The lowest BCUT2D eigenvalue weighted by Crippen LogP contribution is -2.62. The van der Waals surface area contributed by atoms with Gasteiger partial charge in [-0.3, -0.25) is 14.4 Å². The molecule has 33 heavy (non-hydrogen) atoms. The van der Waals surface area contributed by atoms with Gasteiger partial charge in [0.15, 0.2) is 0 Å². The molecule has 188 valence electrons. The van der Waals surface area contributed by atoms with Crippen LogP contribution in [0.5, 0.6) is 0 Å². The van der Waals surface area contributed by atoms with E-state index in [0.717, 1.165) is 6.42 Å². The van der Waals surface area contributed by atoms with Gasteiger partial charge in [0, 0.05) is 12.6 Å². The molecule has 3 aliphatic rings. The monoisotopic (exact) mass is 465 g/mol. The van der Waals surface area contributed by atoms with Gasteiger partial charge < -0.3 is 25.4 Å². The molecule has 3 fully saturated rings. The fourth-order valence-electron chi connectivity index (χ4n) is 6.97. The van der Waals surface area contributed by atoms with E-state index in [1.54, 1.807) is 11.9 Å². The molecule has 8 heteroatoms. The predicted molar refractivity (Wildman–Crippen MR) is 125 cm³/mol. The number of hydrogen-bond acceptors (Lipinski definition) is 5. The van der Waals surface area contributed by atoms with E-state index in [-0.39, 0.29) is 35.7 Å². The van der Waals surface area contributed by atoms with Crippen molar-refractivity contribution < 1.29 is 24.2 Å². The quantitative estimate of drug-likeness (QED) is 0.532. The molecule has 0 saturated carbocycles. The maximum atomic E-state index is 14.0. The van der Waals surface area contributed by atoms with E-state index in [0.29, 0.717) is 12.8 Å². The summed E-state index contributed by atoms with van der Waals surface area (Å²) < 4.78 is 6.57. The number of aliphatic hydroxyl groups is 1. The first-order valence-electron chi connectivity index (χ1n) is 12.2. The minimum Gasteiger partial charge on any atom is -0.394 e. The lowest BCUT2D eigenvalue weighted by molar-refractivity contribution is -0.151. The summed E-state index contributed by atoms with van der Waals surface area (Å²) in [5.41, 5.74) is -2.38. The van der Waals surface area contributed by atoms with Crippen LogP contribution in [0, 0.1) is 23.2 Å². The third-order valence-electron chi connectivity index (χ3n) is 7.74. The van der Waals surface area contributed by atoms with E-state index in [4.69, 9.17) is 4.74 Å². The van der Waals surface area contributed by atoms with E-state index in [9.17, 15) is 19.5 Å². The Balaban J connectivity index is 2.08. The van der Waals surface area contributed by atoms with E-state index in [2.05, 4.69) is 31.4 Å². The normalized spacial score (nSPS) is 34.6. The first kappa shape index (κ1) is 25.9. The molecular formula is C25H43N3O5. The van der Waals surface area contributed by atoms with E-state index in [1.807, 2.05) is 34.6 Å². The van der Waals surface area contributed by atoms with Gasteiger partial charge in [-0.05, 0) is 51.4 Å². The third kappa shape index (κ3) is 4.18. The van der Waals surface area contributed by atoms with Crippen molar-refractivity contribution in [2.75, 3.05) is 13.7 Å². The van der Waals surface area contributed by atoms with Gasteiger partial charge in [-0.1, -0.05) is 34.6 Å². The van der Waals surface area contributed by atoms with Gasteiger partial charge in [-0.2, -0.15) is 0 Å². The highest BCUT2D eigenvalue weighted by molar-refractivity contribution is 5.99. The van der Waals surface area contributed by atoms with Crippen LogP contribution in [0.4, 0.5) is 0 Å². The van der Waals surface area contributed by atoms with E-state index in [1.165, 1.54) is 0 Å². The van der Waals surface area contributed by atoms with Gasteiger partial charge in [0.05, 0.1) is 30.1 Å². The fraction of sp³-hybridized carbons (Fsp3) is 0.880. The van der Waals surface area contributed by atoms with Gasteiger partial charge >= 0.3 is 0 Å². The molecule has 3 aliphatic heterocycles. The number of hydrogen-bond donors (Lipinski definition) is 3. The summed E-state index contributed by atoms with van der Waals surface area (Å²) in [4.78, 5) is 42.4. The minimum absolute atomic E-state index is 0.00551. The summed E-state index contributed by atoms with van der Waals surface area (Å²) in [5, 5.41) is 16.1. The number of carbonyl (C=O) groups excluding carboxylic acids is 3. The van der Waals surface area contributed by atoms with Crippen molar-refractivity contribution in [3.8, 4) is 0 Å². The number of carbonyl (C=O) groups is 3. The number of aliphatic hydroxyl groups excluding tert-OH is 1. The average molecular weight is 466 g/mol. The second-order valence-electron chi connectivity index (χ2n) is 12.7. The second-order valence-corrected chi connectivity index (χ2v) is 12.7. The molecule has 0 aromatic heterocycles. The van der Waals surface area contributed by atoms with Crippen LogP contribution in [0.25, 0.3) is 0 Å². The molecular weight excluding hydrogens is 422 g/mol. The first-order chi connectivity index (χ1) is 15.0. The molecule has 6 atom stereocenters. The number of amides is 3. The van der Waals surface area contributed by atoms with Crippen LogP contribution in [0.1, 0.15) is 74.7 Å². The van der Waals surface area contributed by atoms with Crippen molar-refractivity contribution in [1.82, 2.24) is 15.5 Å². The van der Waals surface area contributed by atoms with Gasteiger partial charge in [0.1, 0.15) is 11.6 Å². The highest BCUT2D eigenvalue weighted by Gasteiger charge is 2.78. The molecule has 0 aromatic rings. The lowest BCUT2D eigenvalue weighted by Gasteiger charge is -2.41. The van der Waals surface area contributed by atoms with Crippen molar-refractivity contribution in [1.29, 1.82) is 0 Å². The Kier molecular flexibility index (Phi) is 6.46. The molecule has 0 radical (unpaired) electrons. The maximum absolute atomic E-state index is 14.0. The molecule has 0 aromatic carbocycles. The second kappa shape index (κ2) is 8.22. The van der Waals surface area contributed by atoms with Crippen molar-refractivity contribution in [3.05, 3.63) is 0 Å². The summed E-state index contributed by atoms with van der Waals surface area (Å²) >= 11 is 0. The molecule has 8 nitrogen and oxygen atoms in total. The Bertz CT molecular complexity index is 819. The van der Waals surface area contributed by atoms with Crippen LogP contribution in [0.2, 0.25) is 0 Å². The van der Waals surface area contributed by atoms with E-state index < -0.39 is 40.7 Å². The molecule has 3 rings (SSSR count). The molecule has 2 unspecified atom stereocenters. The molecule has 3 saturated heterocycles. The van der Waals surface area contributed by atoms with Gasteiger partial charge in [0.25, 0.3) is 0 Å². The van der Waals surface area contributed by atoms with Crippen molar-refractivity contribution in [3.63, 3.8) is 0 Å². The third-order valence-corrected chi connectivity index (χ3v) is 7.74. The Morgan fingerprint density at radius 1 is 1.18 bits per heavy atom. The summed E-state index contributed by atoms with van der Waals surface area (Å²) in [6, 6.07) is -1.44. The molecule has 3 heterocycles. The smallest absolute Gasteiger partial charge is 0.246 e. The summed E-state index contributed by atoms with van der Waals surface area (Å²) in [6.45, 7) is 15.8. The van der Waals surface area contributed by atoms with Crippen molar-refractivity contribution in [2.45, 2.75) is 103 Å². The molecule has 0 aliphatic carbocycles. The zero-order valence-corrected chi connectivity index (χ0v) is 21.7. The fourth-order valence-corrected chi connectivity index (χ4v) is 6.97. The molecule has 3 N–H and O–H groups in total. The number of ether oxygens (including phenoxy) is 1. The summed E-state index contributed by atoms with van der Waals surface area (Å²) in [7, 11) is 1.56. The number of nitrogens with one attached hydrogen (secondary N) is 2. The van der Waals surface area contributed by atoms with Crippen LogP contribution >= 0.6 is 0 Å². The largest absolute Gasteiger partial charge is 0.394 e. The van der Waals surface area contributed by atoms with Crippen LogP contribution in [0.15, 0.2) is 0 Å². The minimum atomic E-state index is -1.08. The Morgan fingerprint density at radius 2 is 1.79 bits per heavy atom. The average Bonchev–Trinajstić information content (AvgIpc) is 3.20. The van der Waals surface area contributed by atoms with Crippen LogP contribution in [-0.2, 0) is 19.1 Å². The van der Waals surface area contributed by atoms with Gasteiger partial charge in [-0.25, -0.2) is 0 Å². The standard InChI is InChI=1S/C25H43N3O5/c1-14(2)15(12-29)28-18(20(31)27-23(6,7)13-22(3,4)5)25-11-10-24(8,33-25)16(19(30)26-9)17(25)21(28)32/h14-18,29H,10-13H2,1-9H3,(H,26,30)(H,27,31)/t15-,16-,17-,18?,24+,25?/m0/s1. The van der Waals surface area contributed by atoms with Crippen LogP contribution in [0.3, 0.4) is 0 Å². The zero-order valence-electron chi connectivity index (χ0n) is 21.7. The number of likely N-dealkylation sites (tertiary alicyclic amines) is 1. The zero-order chi connectivity index (χ0) is 25.1. The van der Waals surface area contributed by atoms with Gasteiger partial charge in [-0.15, -0.1) is 0 Å². The SMILES string of the molecule is CNC(=O)[C@@H]1[C@H]2C(=O)N([C@@H](CO)C(C)C)C(C(=O)NC(C)(C)CC(C)(C)C)C23CC[C@@]1(C)O3. The van der Waals surface area contributed by atoms with Crippen LogP contribution < -0.4 is 10.6 Å². The molecule has 1 spiro atoms. The van der Waals surface area contributed by atoms with Crippen molar-refractivity contribution in [2.24, 2.45) is 23.2 Å². The number of rotatable bonds is 7. The molecule has 2 bridgehead atoms.